The quantitative estimate of drug-likeness (QED) is 0.389. The largest absolute Gasteiger partial charge is 0.469 e. The fourth-order valence-electron chi connectivity index (χ4n) is 8.91. The highest BCUT2D eigenvalue weighted by atomic mass is 16.5. The second-order valence-corrected chi connectivity index (χ2v) is 12.5. The van der Waals surface area contributed by atoms with Crippen LogP contribution in [-0.4, -0.2) is 35.5 Å². The molecule has 0 spiro atoms. The molecule has 33 heavy (non-hydrogen) atoms. The Morgan fingerprint density at radius 2 is 1.82 bits per heavy atom. The van der Waals surface area contributed by atoms with Crippen LogP contribution < -0.4 is 0 Å². The third kappa shape index (κ3) is 5.03. The maximum Gasteiger partial charge on any atom is 0.305 e. The Balaban J connectivity index is 1.84. The van der Waals surface area contributed by atoms with Crippen molar-refractivity contribution < 1.29 is 19.7 Å². The molecular formula is C29H52O4. The molecular weight excluding hydrogens is 412 g/mol. The molecule has 0 bridgehead atoms. The van der Waals surface area contributed by atoms with Gasteiger partial charge in [-0.25, -0.2) is 0 Å². The van der Waals surface area contributed by atoms with Gasteiger partial charge < -0.3 is 14.9 Å². The number of fused-ring (bicyclic) bond motifs is 1. The molecule has 3 saturated carbocycles. The summed E-state index contributed by atoms with van der Waals surface area (Å²) in [4.78, 5) is 11.6. The molecule has 4 nitrogen and oxygen atoms in total. The first-order chi connectivity index (χ1) is 15.6. The van der Waals surface area contributed by atoms with Crippen LogP contribution in [0.1, 0.15) is 112 Å². The summed E-state index contributed by atoms with van der Waals surface area (Å²) in [6.07, 6.45) is 12.0. The number of aliphatic hydroxyl groups excluding tert-OH is 2. The van der Waals surface area contributed by atoms with Gasteiger partial charge in [-0.15, -0.1) is 0 Å². The van der Waals surface area contributed by atoms with Crippen LogP contribution in [0.25, 0.3) is 0 Å². The van der Waals surface area contributed by atoms with E-state index in [9.17, 15) is 15.0 Å². The Kier molecular flexibility index (Phi) is 8.98. The lowest BCUT2D eigenvalue weighted by atomic mass is 9.39. The van der Waals surface area contributed by atoms with Gasteiger partial charge in [-0.05, 0) is 97.7 Å². The van der Waals surface area contributed by atoms with Crippen molar-refractivity contribution in [2.75, 3.05) is 7.11 Å². The summed E-state index contributed by atoms with van der Waals surface area (Å²) in [5.74, 6) is 2.81. The van der Waals surface area contributed by atoms with Crippen molar-refractivity contribution in [2.45, 2.75) is 124 Å². The van der Waals surface area contributed by atoms with Gasteiger partial charge in [0.1, 0.15) is 0 Å². The Labute approximate surface area is 203 Å². The molecule has 0 aromatic heterocycles. The van der Waals surface area contributed by atoms with Crippen LogP contribution in [0.5, 0.6) is 0 Å². The fraction of sp³-hybridized carbons (Fsp3) is 0.966. The van der Waals surface area contributed by atoms with Crippen LogP contribution in [0.3, 0.4) is 0 Å². The summed E-state index contributed by atoms with van der Waals surface area (Å²) >= 11 is 0. The molecule has 0 saturated heterocycles. The van der Waals surface area contributed by atoms with Crippen LogP contribution in [0.15, 0.2) is 0 Å². The van der Waals surface area contributed by atoms with Crippen molar-refractivity contribution in [1.29, 1.82) is 0 Å². The fourth-order valence-corrected chi connectivity index (χ4v) is 8.91. The topological polar surface area (TPSA) is 66.8 Å². The molecule has 192 valence electrons. The SMILES string of the molecule is CCCC[C@H]1[C@H]([C@@H]2CC[C@H]([C@H](C)CCC(=O)OC)C2)[C@H](O)C(CC)C2(C)C[C@H](O)CC[C@]12C. The molecule has 10 atom stereocenters. The van der Waals surface area contributed by atoms with Crippen molar-refractivity contribution in [1.82, 2.24) is 0 Å². The van der Waals surface area contributed by atoms with Crippen LogP contribution in [0, 0.1) is 46.3 Å². The number of unbranched alkanes of at least 4 members (excludes halogenated alkanes) is 1. The molecule has 0 heterocycles. The van der Waals surface area contributed by atoms with E-state index in [0.717, 1.165) is 32.1 Å². The minimum atomic E-state index is -0.269. The highest BCUT2D eigenvalue weighted by molar-refractivity contribution is 5.69. The third-order valence-corrected chi connectivity index (χ3v) is 11.1. The normalized spacial score (nSPS) is 44.3. The Morgan fingerprint density at radius 1 is 1.09 bits per heavy atom. The number of ether oxygens (including phenoxy) is 1. The Hall–Kier alpha value is -0.610. The Morgan fingerprint density at radius 3 is 2.45 bits per heavy atom. The summed E-state index contributed by atoms with van der Waals surface area (Å²) in [6.45, 7) is 11.7. The van der Waals surface area contributed by atoms with Crippen LogP contribution >= 0.6 is 0 Å². The number of esters is 1. The highest BCUT2D eigenvalue weighted by Gasteiger charge is 2.64. The first-order valence-electron chi connectivity index (χ1n) is 14.1. The van der Waals surface area contributed by atoms with Gasteiger partial charge in [-0.2, -0.15) is 0 Å². The second-order valence-electron chi connectivity index (χ2n) is 12.5. The molecule has 0 aliphatic heterocycles. The van der Waals surface area contributed by atoms with E-state index in [4.69, 9.17) is 4.74 Å². The maximum atomic E-state index is 12.0. The molecule has 0 aromatic rings. The summed E-state index contributed by atoms with van der Waals surface area (Å²) in [6, 6.07) is 0. The zero-order chi connectivity index (χ0) is 24.4. The van der Waals surface area contributed by atoms with Crippen LogP contribution in [-0.2, 0) is 9.53 Å². The minimum Gasteiger partial charge on any atom is -0.469 e. The zero-order valence-electron chi connectivity index (χ0n) is 22.3. The molecule has 3 fully saturated rings. The van der Waals surface area contributed by atoms with E-state index >= 15 is 0 Å². The van der Waals surface area contributed by atoms with Crippen molar-refractivity contribution in [3.05, 3.63) is 0 Å². The van der Waals surface area contributed by atoms with E-state index in [1.807, 2.05) is 0 Å². The summed E-state index contributed by atoms with van der Waals surface area (Å²) in [5, 5.41) is 22.6. The number of methoxy groups -OCH3 is 1. The number of rotatable bonds is 9. The number of hydrogen-bond donors (Lipinski definition) is 2. The lowest BCUT2D eigenvalue weighted by Crippen LogP contribution is -2.64. The maximum absolute atomic E-state index is 12.0. The zero-order valence-corrected chi connectivity index (χ0v) is 22.3. The van der Waals surface area contributed by atoms with Gasteiger partial charge in [-0.1, -0.05) is 53.9 Å². The molecule has 0 radical (unpaired) electrons. The van der Waals surface area contributed by atoms with E-state index in [0.29, 0.717) is 36.0 Å². The van der Waals surface area contributed by atoms with Gasteiger partial charge >= 0.3 is 5.97 Å². The monoisotopic (exact) mass is 464 g/mol. The van der Waals surface area contributed by atoms with Gasteiger partial charge in [-0.3, -0.25) is 4.79 Å². The second kappa shape index (κ2) is 11.0. The highest BCUT2D eigenvalue weighted by Crippen LogP contribution is 2.68. The van der Waals surface area contributed by atoms with Crippen molar-refractivity contribution in [3.8, 4) is 0 Å². The molecule has 4 heteroatoms. The molecule has 3 rings (SSSR count). The first-order valence-corrected chi connectivity index (χ1v) is 14.1. The Bertz CT molecular complexity index is 650. The van der Waals surface area contributed by atoms with Gasteiger partial charge in [0.05, 0.1) is 19.3 Å². The number of carbonyl (C=O) groups is 1. The molecule has 2 N–H and O–H groups in total. The van der Waals surface area contributed by atoms with Crippen LogP contribution in [0.2, 0.25) is 0 Å². The summed E-state index contributed by atoms with van der Waals surface area (Å²) in [5.41, 5.74) is 0.181. The van der Waals surface area contributed by atoms with Gasteiger partial charge in [0.15, 0.2) is 0 Å². The number of hydrogen-bond acceptors (Lipinski definition) is 4. The van der Waals surface area contributed by atoms with Crippen molar-refractivity contribution in [2.24, 2.45) is 46.3 Å². The predicted octanol–water partition coefficient (Wildman–Crippen LogP) is 6.37. The third-order valence-electron chi connectivity index (χ3n) is 11.1. The van der Waals surface area contributed by atoms with Crippen molar-refractivity contribution in [3.63, 3.8) is 0 Å². The van der Waals surface area contributed by atoms with E-state index < -0.39 is 0 Å². The standard InChI is InChI=1S/C29H52O4/c1-7-9-10-24-26(21-13-12-20(17-21)19(3)11-14-25(31)33-6)27(32)23(8-2)29(5)18-22(30)15-16-28(24,29)4/h19-24,26-27,30,32H,7-18H2,1-6H3/t19-,20+,21-,22-,23?,24+,26+,27-,28-,29?/m1/s1. The lowest BCUT2D eigenvalue weighted by Gasteiger charge is -2.66. The van der Waals surface area contributed by atoms with E-state index in [1.165, 1.54) is 45.6 Å². The lowest BCUT2D eigenvalue weighted by molar-refractivity contribution is -0.222. The predicted molar refractivity (Wildman–Crippen MR) is 134 cm³/mol. The van der Waals surface area contributed by atoms with Crippen LogP contribution in [0.4, 0.5) is 0 Å². The van der Waals surface area contributed by atoms with Gasteiger partial charge in [0.25, 0.3) is 0 Å². The molecule has 3 aliphatic rings. The summed E-state index contributed by atoms with van der Waals surface area (Å²) in [7, 11) is 1.47. The average Bonchev–Trinajstić information content (AvgIpc) is 3.26. The number of aliphatic hydroxyl groups is 2. The molecule has 2 unspecified atom stereocenters. The number of carbonyl (C=O) groups excluding carboxylic acids is 1. The van der Waals surface area contributed by atoms with Gasteiger partial charge in [0, 0.05) is 6.42 Å². The summed E-state index contributed by atoms with van der Waals surface area (Å²) < 4.78 is 4.86. The van der Waals surface area contributed by atoms with E-state index in [-0.39, 0.29) is 34.9 Å². The first kappa shape index (κ1) is 27.0. The molecule has 0 aromatic carbocycles. The molecule has 3 aliphatic carbocycles. The van der Waals surface area contributed by atoms with Gasteiger partial charge in [0.2, 0.25) is 0 Å². The smallest absolute Gasteiger partial charge is 0.305 e. The average molecular weight is 465 g/mol. The molecule has 0 amide bonds. The van der Waals surface area contributed by atoms with E-state index in [1.54, 1.807) is 0 Å². The van der Waals surface area contributed by atoms with Crippen molar-refractivity contribution >= 4 is 5.97 Å². The minimum absolute atomic E-state index is 0.000444. The van der Waals surface area contributed by atoms with E-state index in [2.05, 4.69) is 34.6 Å².